The minimum Gasteiger partial charge on any atom is -0.334 e. The molecule has 1 aliphatic heterocycles. The summed E-state index contributed by atoms with van der Waals surface area (Å²) in [4.78, 5) is 36.0. The maximum Gasteiger partial charge on any atom is 0.261 e. The standard InChI is InChI=1S/C20H20N4O2/c25-19(13-23-14-22-17-8-2-1-7-16(17)20(23)26)24-11-4-3-9-18(24)15-6-5-10-21-12-15/h1-2,5-8,10,12,14,18H,3-4,9,11,13H2/t18-/m1/s1. The molecule has 1 amide bonds. The van der Waals surface area contributed by atoms with Crippen LogP contribution >= 0.6 is 0 Å². The second kappa shape index (κ2) is 7.07. The Labute approximate surface area is 151 Å². The smallest absolute Gasteiger partial charge is 0.261 e. The predicted octanol–water partition coefficient (Wildman–Crippen LogP) is 2.55. The Hall–Kier alpha value is -3.02. The van der Waals surface area contributed by atoms with Crippen LogP contribution in [0.25, 0.3) is 10.9 Å². The van der Waals surface area contributed by atoms with Crippen LogP contribution in [0.5, 0.6) is 0 Å². The molecular weight excluding hydrogens is 328 g/mol. The average Bonchev–Trinajstić information content (AvgIpc) is 2.71. The fourth-order valence-corrected chi connectivity index (χ4v) is 3.60. The van der Waals surface area contributed by atoms with Gasteiger partial charge < -0.3 is 4.90 Å². The number of para-hydroxylation sites is 1. The number of fused-ring (bicyclic) bond motifs is 1. The number of aromatic nitrogens is 3. The highest BCUT2D eigenvalue weighted by atomic mass is 16.2. The highest BCUT2D eigenvalue weighted by Crippen LogP contribution is 2.30. The molecule has 6 nitrogen and oxygen atoms in total. The van der Waals surface area contributed by atoms with E-state index in [4.69, 9.17) is 0 Å². The summed E-state index contributed by atoms with van der Waals surface area (Å²) in [6, 6.07) is 11.1. The van der Waals surface area contributed by atoms with Crippen molar-refractivity contribution in [1.29, 1.82) is 0 Å². The Morgan fingerprint density at radius 2 is 2.04 bits per heavy atom. The van der Waals surface area contributed by atoms with E-state index in [-0.39, 0.29) is 24.1 Å². The molecule has 0 spiro atoms. The molecule has 0 unspecified atom stereocenters. The molecule has 1 fully saturated rings. The normalized spacial score (nSPS) is 17.4. The number of hydrogen-bond donors (Lipinski definition) is 0. The zero-order valence-corrected chi connectivity index (χ0v) is 14.4. The van der Waals surface area contributed by atoms with Crippen molar-refractivity contribution in [3.63, 3.8) is 0 Å². The van der Waals surface area contributed by atoms with Gasteiger partial charge >= 0.3 is 0 Å². The van der Waals surface area contributed by atoms with Gasteiger partial charge in [0.05, 0.1) is 23.3 Å². The lowest BCUT2D eigenvalue weighted by molar-refractivity contribution is -0.135. The maximum atomic E-state index is 13.0. The highest BCUT2D eigenvalue weighted by Gasteiger charge is 2.28. The zero-order chi connectivity index (χ0) is 17.9. The van der Waals surface area contributed by atoms with Crippen molar-refractivity contribution < 1.29 is 4.79 Å². The Balaban J connectivity index is 1.61. The molecule has 0 saturated carbocycles. The second-order valence-electron chi connectivity index (χ2n) is 6.58. The van der Waals surface area contributed by atoms with E-state index in [1.807, 2.05) is 29.3 Å². The summed E-state index contributed by atoms with van der Waals surface area (Å²) in [7, 11) is 0. The third kappa shape index (κ3) is 3.10. The SMILES string of the molecule is O=C(Cn1cnc2ccccc2c1=O)N1CCCC[C@@H]1c1cccnc1. The first-order chi connectivity index (χ1) is 12.7. The summed E-state index contributed by atoms with van der Waals surface area (Å²) < 4.78 is 1.40. The van der Waals surface area contributed by atoms with Crippen molar-refractivity contribution in [1.82, 2.24) is 19.4 Å². The van der Waals surface area contributed by atoms with Crippen molar-refractivity contribution in [2.75, 3.05) is 6.54 Å². The van der Waals surface area contributed by atoms with Gasteiger partial charge in [-0.1, -0.05) is 18.2 Å². The third-order valence-corrected chi connectivity index (χ3v) is 4.93. The summed E-state index contributed by atoms with van der Waals surface area (Å²) in [6.07, 6.45) is 8.00. The molecule has 26 heavy (non-hydrogen) atoms. The molecule has 1 aliphatic rings. The van der Waals surface area contributed by atoms with E-state index in [0.717, 1.165) is 24.8 Å². The summed E-state index contributed by atoms with van der Waals surface area (Å²) >= 11 is 0. The molecule has 1 aromatic carbocycles. The maximum absolute atomic E-state index is 13.0. The molecule has 0 bridgehead atoms. The number of benzene rings is 1. The van der Waals surface area contributed by atoms with E-state index in [9.17, 15) is 9.59 Å². The van der Waals surface area contributed by atoms with E-state index < -0.39 is 0 Å². The van der Waals surface area contributed by atoms with Crippen molar-refractivity contribution in [2.24, 2.45) is 0 Å². The van der Waals surface area contributed by atoms with Crippen molar-refractivity contribution in [2.45, 2.75) is 31.8 Å². The van der Waals surface area contributed by atoms with Crippen LogP contribution in [0.4, 0.5) is 0 Å². The Morgan fingerprint density at radius 1 is 1.15 bits per heavy atom. The Bertz CT molecular complexity index is 984. The number of carbonyl (C=O) groups is 1. The van der Waals surface area contributed by atoms with Crippen LogP contribution in [0, 0.1) is 0 Å². The van der Waals surface area contributed by atoms with Gasteiger partial charge in [0.1, 0.15) is 6.54 Å². The molecule has 0 N–H and O–H groups in total. The summed E-state index contributed by atoms with van der Waals surface area (Å²) in [5, 5.41) is 0.533. The minimum absolute atomic E-state index is 0.00737. The van der Waals surface area contributed by atoms with Gasteiger partial charge in [-0.3, -0.25) is 19.1 Å². The fourth-order valence-electron chi connectivity index (χ4n) is 3.60. The molecular formula is C20H20N4O2. The summed E-state index contributed by atoms with van der Waals surface area (Å²) in [5.41, 5.74) is 1.51. The van der Waals surface area contributed by atoms with Gasteiger partial charge in [-0.05, 0) is 43.0 Å². The summed E-state index contributed by atoms with van der Waals surface area (Å²) in [6.45, 7) is 0.710. The third-order valence-electron chi connectivity index (χ3n) is 4.93. The zero-order valence-electron chi connectivity index (χ0n) is 14.4. The minimum atomic E-state index is -0.182. The van der Waals surface area contributed by atoms with E-state index in [2.05, 4.69) is 9.97 Å². The summed E-state index contributed by atoms with van der Waals surface area (Å²) in [5.74, 6) is -0.0577. The second-order valence-corrected chi connectivity index (χ2v) is 6.58. The first kappa shape index (κ1) is 16.4. The van der Waals surface area contributed by atoms with Gasteiger partial charge in [-0.15, -0.1) is 0 Å². The molecule has 0 radical (unpaired) electrons. The van der Waals surface area contributed by atoms with Gasteiger partial charge in [-0.2, -0.15) is 0 Å². The fraction of sp³-hybridized carbons (Fsp3) is 0.300. The number of carbonyl (C=O) groups excluding carboxylic acids is 1. The van der Waals surface area contributed by atoms with Gasteiger partial charge in [0, 0.05) is 18.9 Å². The van der Waals surface area contributed by atoms with Crippen molar-refractivity contribution >= 4 is 16.8 Å². The topological polar surface area (TPSA) is 68.1 Å². The van der Waals surface area contributed by atoms with Gasteiger partial charge in [0.25, 0.3) is 5.56 Å². The van der Waals surface area contributed by atoms with Crippen LogP contribution in [0.2, 0.25) is 0 Å². The Morgan fingerprint density at radius 3 is 2.88 bits per heavy atom. The largest absolute Gasteiger partial charge is 0.334 e. The lowest BCUT2D eigenvalue weighted by Crippen LogP contribution is -2.41. The van der Waals surface area contributed by atoms with E-state index >= 15 is 0 Å². The molecule has 132 valence electrons. The molecule has 3 heterocycles. The first-order valence-corrected chi connectivity index (χ1v) is 8.87. The number of hydrogen-bond acceptors (Lipinski definition) is 4. The van der Waals surface area contributed by atoms with Crippen LogP contribution in [-0.2, 0) is 11.3 Å². The first-order valence-electron chi connectivity index (χ1n) is 8.87. The number of pyridine rings is 1. The van der Waals surface area contributed by atoms with Crippen LogP contribution in [-0.4, -0.2) is 31.9 Å². The molecule has 0 aliphatic carbocycles. The van der Waals surface area contributed by atoms with E-state index in [1.165, 1.54) is 10.9 Å². The quantitative estimate of drug-likeness (QED) is 0.729. The molecule has 1 saturated heterocycles. The molecule has 1 atom stereocenters. The molecule has 4 rings (SSSR count). The van der Waals surface area contributed by atoms with Crippen LogP contribution in [0.1, 0.15) is 30.9 Å². The van der Waals surface area contributed by atoms with E-state index in [1.54, 1.807) is 24.4 Å². The molecule has 2 aromatic heterocycles. The van der Waals surface area contributed by atoms with Crippen LogP contribution < -0.4 is 5.56 Å². The number of amides is 1. The Kier molecular flexibility index (Phi) is 4.48. The van der Waals surface area contributed by atoms with Gasteiger partial charge in [0.15, 0.2) is 0 Å². The highest BCUT2D eigenvalue weighted by molar-refractivity contribution is 5.79. The number of likely N-dealkylation sites (tertiary alicyclic amines) is 1. The van der Waals surface area contributed by atoms with Crippen molar-refractivity contribution in [3.05, 3.63) is 71.0 Å². The van der Waals surface area contributed by atoms with Gasteiger partial charge in [-0.25, -0.2) is 4.98 Å². The van der Waals surface area contributed by atoms with Crippen LogP contribution in [0.15, 0.2) is 59.9 Å². The lowest BCUT2D eigenvalue weighted by Gasteiger charge is -2.36. The molecule has 3 aromatic rings. The number of nitrogens with zero attached hydrogens (tertiary/aromatic N) is 4. The lowest BCUT2D eigenvalue weighted by atomic mass is 9.96. The monoisotopic (exact) mass is 348 g/mol. The molecule has 6 heteroatoms. The van der Waals surface area contributed by atoms with Crippen LogP contribution in [0.3, 0.4) is 0 Å². The average molecular weight is 348 g/mol. The van der Waals surface area contributed by atoms with Crippen molar-refractivity contribution in [3.8, 4) is 0 Å². The number of piperidine rings is 1. The van der Waals surface area contributed by atoms with E-state index in [0.29, 0.717) is 17.4 Å². The predicted molar refractivity (Wildman–Crippen MR) is 98.5 cm³/mol. The van der Waals surface area contributed by atoms with Gasteiger partial charge in [0.2, 0.25) is 5.91 Å². The number of rotatable bonds is 3.